The van der Waals surface area contributed by atoms with Crippen LogP contribution >= 0.6 is 11.6 Å². The van der Waals surface area contributed by atoms with Gasteiger partial charge < -0.3 is 0 Å². The molecule has 0 saturated heterocycles. The van der Waals surface area contributed by atoms with Gasteiger partial charge in [-0.15, -0.1) is 0 Å². The van der Waals surface area contributed by atoms with Crippen LogP contribution < -0.4 is 0 Å². The highest BCUT2D eigenvalue weighted by atomic mass is 35.5. The molecule has 4 heteroatoms. The molecule has 0 heterocycles. The van der Waals surface area contributed by atoms with Crippen molar-refractivity contribution < 1.29 is 13.6 Å². The van der Waals surface area contributed by atoms with Gasteiger partial charge in [-0.1, -0.05) is 11.8 Å². The number of hydrogen-bond donors (Lipinski definition) is 0. The Morgan fingerprint density at radius 2 is 1.85 bits per heavy atom. The van der Waals surface area contributed by atoms with Crippen molar-refractivity contribution in [1.29, 1.82) is 0 Å². The Morgan fingerprint density at radius 1 is 1.38 bits per heavy atom. The summed E-state index contributed by atoms with van der Waals surface area (Å²) in [6.07, 6.45) is -0.506. The second-order valence-corrected chi connectivity index (χ2v) is 4.12. The molecule has 0 aliphatic carbocycles. The lowest BCUT2D eigenvalue weighted by Crippen LogP contribution is -2.20. The molecule has 0 spiro atoms. The second-order valence-electron chi connectivity index (χ2n) is 3.65. The smallest absolute Gasteiger partial charge is 0.290 e. The van der Waals surface area contributed by atoms with E-state index in [1.165, 1.54) is 0 Å². The zero-order valence-electron chi connectivity index (χ0n) is 7.75. The van der Waals surface area contributed by atoms with Crippen LogP contribution in [0.5, 0.6) is 0 Å². The molecule has 0 atom stereocenters. The second kappa shape index (κ2) is 4.06. The van der Waals surface area contributed by atoms with Gasteiger partial charge in [0.05, 0.1) is 6.42 Å². The summed E-state index contributed by atoms with van der Waals surface area (Å²) in [4.78, 5) is 10.6. The lowest BCUT2D eigenvalue weighted by molar-refractivity contribution is -0.132. The van der Waals surface area contributed by atoms with E-state index in [1.54, 1.807) is 0 Å². The van der Waals surface area contributed by atoms with Crippen molar-refractivity contribution in [1.82, 2.24) is 0 Å². The summed E-state index contributed by atoms with van der Waals surface area (Å²) in [6.45, 7) is 5.47. The van der Waals surface area contributed by atoms with E-state index in [1.807, 2.05) is 20.8 Å². The van der Waals surface area contributed by atoms with Crippen LogP contribution in [-0.2, 0) is 4.79 Å². The zero-order chi connectivity index (χ0) is 10.7. The van der Waals surface area contributed by atoms with Crippen LogP contribution in [-0.4, -0.2) is 11.2 Å². The van der Waals surface area contributed by atoms with Gasteiger partial charge in [0.25, 0.3) is 0 Å². The monoisotopic (exact) mass is 208 g/mol. The molecule has 0 aliphatic heterocycles. The van der Waals surface area contributed by atoms with E-state index in [0.717, 1.165) is 0 Å². The maximum atomic E-state index is 12.1. The molecule has 0 N–H and O–H groups in total. The number of carbonyl (C=O) groups is 1. The van der Waals surface area contributed by atoms with Crippen molar-refractivity contribution in [2.24, 2.45) is 5.41 Å². The standard InChI is InChI=1S/C9H11ClF2O/c1-8(2,3)6-4-5-7(13)9(10,11)12/h5H2,1-3H3. The van der Waals surface area contributed by atoms with E-state index in [4.69, 9.17) is 0 Å². The molecule has 74 valence electrons. The fraction of sp³-hybridized carbons (Fsp3) is 0.667. The Bertz CT molecular complexity index is 250. The molecule has 0 amide bonds. The molecule has 0 saturated carbocycles. The number of hydrogen-bond acceptors (Lipinski definition) is 1. The summed E-state index contributed by atoms with van der Waals surface area (Å²) in [7, 11) is 0. The normalized spacial score (nSPS) is 11.8. The maximum absolute atomic E-state index is 12.1. The van der Waals surface area contributed by atoms with Crippen LogP contribution in [0.25, 0.3) is 0 Å². The van der Waals surface area contributed by atoms with Crippen molar-refractivity contribution in [3.05, 3.63) is 0 Å². The molecule has 0 radical (unpaired) electrons. The Labute approximate surface area is 81.5 Å². The van der Waals surface area contributed by atoms with Crippen molar-refractivity contribution in [2.45, 2.75) is 32.6 Å². The molecule has 1 nitrogen and oxygen atoms in total. The van der Waals surface area contributed by atoms with E-state index >= 15 is 0 Å². The maximum Gasteiger partial charge on any atom is 0.381 e. The van der Waals surface area contributed by atoms with E-state index in [-0.39, 0.29) is 5.41 Å². The predicted molar refractivity (Wildman–Crippen MR) is 47.7 cm³/mol. The van der Waals surface area contributed by atoms with Crippen molar-refractivity contribution >= 4 is 17.4 Å². The highest BCUT2D eigenvalue weighted by molar-refractivity contribution is 6.32. The number of ketones is 1. The summed E-state index contributed by atoms with van der Waals surface area (Å²) >= 11 is 4.48. The molecule has 0 unspecified atom stereocenters. The predicted octanol–water partition coefficient (Wildman–Crippen LogP) is 2.83. The number of Topliss-reactive ketones (excluding diaryl/α,β-unsaturated/α-hetero) is 1. The number of alkyl halides is 3. The van der Waals surface area contributed by atoms with Crippen molar-refractivity contribution in [3.8, 4) is 11.8 Å². The van der Waals surface area contributed by atoms with Gasteiger partial charge in [-0.3, -0.25) is 4.79 Å². The molecule has 0 aromatic rings. The number of carbonyl (C=O) groups excluding carboxylic acids is 1. The van der Waals surface area contributed by atoms with E-state index in [0.29, 0.717) is 0 Å². The van der Waals surface area contributed by atoms with Gasteiger partial charge in [-0.25, -0.2) is 0 Å². The largest absolute Gasteiger partial charge is 0.381 e. The van der Waals surface area contributed by atoms with Gasteiger partial charge in [0.15, 0.2) is 0 Å². The first kappa shape index (κ1) is 12.4. The lowest BCUT2D eigenvalue weighted by atomic mass is 9.98. The summed E-state index contributed by atoms with van der Waals surface area (Å²) in [5.41, 5.74) is -0.290. The van der Waals surface area contributed by atoms with Gasteiger partial charge in [-0.05, 0) is 32.4 Å². The van der Waals surface area contributed by atoms with Crippen molar-refractivity contribution in [3.63, 3.8) is 0 Å². The van der Waals surface area contributed by atoms with Gasteiger partial charge in [0.2, 0.25) is 5.78 Å². The number of halogens is 3. The molecule has 0 aromatic heterocycles. The Kier molecular flexibility index (Phi) is 3.87. The topological polar surface area (TPSA) is 17.1 Å². The quantitative estimate of drug-likeness (QED) is 0.504. The fourth-order valence-electron chi connectivity index (χ4n) is 0.490. The van der Waals surface area contributed by atoms with Crippen molar-refractivity contribution in [2.75, 3.05) is 0 Å². The number of rotatable bonds is 2. The minimum absolute atomic E-state index is 0.290. The molecule has 0 aliphatic rings. The third-order valence-electron chi connectivity index (χ3n) is 1.03. The summed E-state index contributed by atoms with van der Waals surface area (Å²) in [5, 5.41) is -3.79. The van der Waals surface area contributed by atoms with Gasteiger partial charge in [0.1, 0.15) is 0 Å². The average molecular weight is 209 g/mol. The first-order valence-corrected chi connectivity index (χ1v) is 4.11. The van der Waals surface area contributed by atoms with Crippen LogP contribution in [0.15, 0.2) is 0 Å². The van der Waals surface area contributed by atoms with E-state index < -0.39 is 17.6 Å². The SMILES string of the molecule is CC(C)(C)C#CCC(=O)C(F)(F)Cl. The highest BCUT2D eigenvalue weighted by Gasteiger charge is 2.34. The third kappa shape index (κ3) is 6.53. The minimum atomic E-state index is -3.79. The summed E-state index contributed by atoms with van der Waals surface area (Å²) in [5.74, 6) is 3.67. The summed E-state index contributed by atoms with van der Waals surface area (Å²) < 4.78 is 24.2. The lowest BCUT2D eigenvalue weighted by Gasteiger charge is -2.07. The Hall–Kier alpha value is -0.620. The van der Waals surface area contributed by atoms with Crippen LogP contribution in [0.4, 0.5) is 8.78 Å². The van der Waals surface area contributed by atoms with Crippen LogP contribution in [0.3, 0.4) is 0 Å². The van der Waals surface area contributed by atoms with Gasteiger partial charge in [-0.2, -0.15) is 8.78 Å². The third-order valence-corrected chi connectivity index (χ3v) is 1.24. The molecule has 13 heavy (non-hydrogen) atoms. The first-order valence-electron chi connectivity index (χ1n) is 3.73. The molecule has 0 aromatic carbocycles. The fourth-order valence-corrected chi connectivity index (χ4v) is 0.557. The highest BCUT2D eigenvalue weighted by Crippen LogP contribution is 2.21. The zero-order valence-corrected chi connectivity index (χ0v) is 8.51. The molecular weight excluding hydrogens is 198 g/mol. The molecule has 0 fully saturated rings. The molecular formula is C9H11ClF2O. The summed E-state index contributed by atoms with van der Waals surface area (Å²) in [6, 6.07) is 0. The van der Waals surface area contributed by atoms with Gasteiger partial charge in [0, 0.05) is 5.41 Å². The minimum Gasteiger partial charge on any atom is -0.290 e. The van der Waals surface area contributed by atoms with Crippen LogP contribution in [0.2, 0.25) is 0 Å². The average Bonchev–Trinajstić information content (AvgIpc) is 1.82. The Morgan fingerprint density at radius 3 is 2.15 bits per heavy atom. The van der Waals surface area contributed by atoms with Crippen LogP contribution in [0.1, 0.15) is 27.2 Å². The van der Waals surface area contributed by atoms with Gasteiger partial charge >= 0.3 is 5.38 Å². The Balaban J connectivity index is 4.18. The van der Waals surface area contributed by atoms with E-state index in [2.05, 4.69) is 23.4 Å². The van der Waals surface area contributed by atoms with E-state index in [9.17, 15) is 13.6 Å². The van der Waals surface area contributed by atoms with Crippen LogP contribution in [0, 0.1) is 17.3 Å². The molecule has 0 bridgehead atoms. The molecule has 0 rings (SSSR count). The first-order chi connectivity index (χ1) is 5.63.